The van der Waals surface area contributed by atoms with Gasteiger partial charge in [-0.05, 0) is 48.5 Å². The summed E-state index contributed by atoms with van der Waals surface area (Å²) in [6.07, 6.45) is 0. The molecule has 0 saturated carbocycles. The SMILES string of the molecule is I.c1ccc(-c2nc([P+](c3ccccc3)(c3ccccc3)c3ccccc3)c(N3CCOCC3)o2)cc1. The summed E-state index contributed by atoms with van der Waals surface area (Å²) in [5.41, 5.74) is 1.98. The van der Waals surface area contributed by atoms with Crippen LogP contribution in [0.1, 0.15) is 0 Å². The molecule has 0 spiro atoms. The lowest BCUT2D eigenvalue weighted by Gasteiger charge is -2.30. The van der Waals surface area contributed by atoms with E-state index in [0.29, 0.717) is 19.1 Å². The van der Waals surface area contributed by atoms with E-state index in [4.69, 9.17) is 14.1 Å². The average Bonchev–Trinajstić information content (AvgIpc) is 3.42. The highest BCUT2D eigenvalue weighted by Gasteiger charge is 2.53. The number of nitrogens with zero attached hydrogens (tertiary/aromatic N) is 2. The number of hydrogen-bond acceptors (Lipinski definition) is 4. The van der Waals surface area contributed by atoms with E-state index in [0.717, 1.165) is 30.0 Å². The Kier molecular flexibility index (Phi) is 8.04. The third-order valence-electron chi connectivity index (χ3n) is 6.66. The van der Waals surface area contributed by atoms with Crippen molar-refractivity contribution in [3.63, 3.8) is 0 Å². The average molecular weight is 619 g/mol. The van der Waals surface area contributed by atoms with E-state index in [9.17, 15) is 0 Å². The van der Waals surface area contributed by atoms with Crippen LogP contribution in [0.5, 0.6) is 0 Å². The highest BCUT2D eigenvalue weighted by atomic mass is 127. The minimum absolute atomic E-state index is 0. The number of aromatic nitrogens is 1. The predicted octanol–water partition coefficient (Wildman–Crippen LogP) is 5.42. The Labute approximate surface area is 235 Å². The van der Waals surface area contributed by atoms with Gasteiger partial charge in [0.05, 0.1) is 13.2 Å². The zero-order valence-electron chi connectivity index (χ0n) is 20.4. The van der Waals surface area contributed by atoms with E-state index in [-0.39, 0.29) is 24.0 Å². The molecule has 0 atom stereocenters. The van der Waals surface area contributed by atoms with Crippen molar-refractivity contribution in [3.8, 4) is 11.5 Å². The van der Waals surface area contributed by atoms with Gasteiger partial charge in [0, 0.05) is 18.7 Å². The summed E-state index contributed by atoms with van der Waals surface area (Å²) in [5.74, 6) is 1.50. The van der Waals surface area contributed by atoms with Crippen molar-refractivity contribution >= 4 is 58.5 Å². The smallest absolute Gasteiger partial charge is 0.262 e. The number of benzene rings is 4. The fourth-order valence-electron chi connectivity index (χ4n) is 4.97. The summed E-state index contributed by atoms with van der Waals surface area (Å²) in [4.78, 5) is 7.66. The second kappa shape index (κ2) is 11.6. The van der Waals surface area contributed by atoms with Crippen molar-refractivity contribution in [3.05, 3.63) is 121 Å². The van der Waals surface area contributed by atoms with E-state index >= 15 is 0 Å². The molecule has 1 aromatic heterocycles. The number of morpholine rings is 1. The van der Waals surface area contributed by atoms with Crippen molar-refractivity contribution in [1.82, 2.24) is 4.98 Å². The van der Waals surface area contributed by atoms with Crippen LogP contribution in [0.4, 0.5) is 5.88 Å². The standard InChI is InChI=1S/C31H28N2O2P.HI/c1-5-13-25(14-6-1)29-32-30(31(35-29)33-21-23-34-24-22-33)36(26-15-7-2-8-16-26,27-17-9-3-10-18-27)28-19-11-4-12-20-28;/h1-20H,21-24H2;1H/q+1;. The lowest BCUT2D eigenvalue weighted by Crippen LogP contribution is -2.44. The predicted molar refractivity (Wildman–Crippen MR) is 165 cm³/mol. The van der Waals surface area contributed by atoms with Gasteiger partial charge in [-0.1, -0.05) is 72.8 Å². The molecule has 1 aliphatic rings. The third-order valence-corrected chi connectivity index (χ3v) is 10.8. The normalized spacial score (nSPS) is 13.7. The van der Waals surface area contributed by atoms with Crippen LogP contribution in [0, 0.1) is 0 Å². The quantitative estimate of drug-likeness (QED) is 0.188. The number of rotatable bonds is 6. The Bertz CT molecular complexity index is 1310. The van der Waals surface area contributed by atoms with E-state index < -0.39 is 7.26 Å². The largest absolute Gasteiger partial charge is 0.416 e. The summed E-state index contributed by atoms with van der Waals surface area (Å²) in [7, 11) is -2.40. The van der Waals surface area contributed by atoms with Crippen LogP contribution in [-0.2, 0) is 4.74 Å². The molecule has 0 bridgehead atoms. The number of halogens is 1. The molecular weight excluding hydrogens is 590 g/mol. The first kappa shape index (κ1) is 25.7. The van der Waals surface area contributed by atoms with Crippen LogP contribution in [0.25, 0.3) is 11.5 Å². The Hall–Kier alpha value is -2.99. The van der Waals surface area contributed by atoms with E-state index in [2.05, 4.69) is 108 Å². The molecule has 37 heavy (non-hydrogen) atoms. The minimum atomic E-state index is -2.40. The van der Waals surface area contributed by atoms with Gasteiger partial charge in [-0.2, -0.15) is 4.98 Å². The van der Waals surface area contributed by atoms with Crippen LogP contribution in [0.15, 0.2) is 126 Å². The van der Waals surface area contributed by atoms with Crippen LogP contribution in [0.2, 0.25) is 0 Å². The van der Waals surface area contributed by atoms with Crippen LogP contribution >= 0.6 is 31.2 Å². The molecule has 186 valence electrons. The Morgan fingerprint density at radius 3 is 1.49 bits per heavy atom. The molecule has 6 rings (SSSR count). The maximum Gasteiger partial charge on any atom is 0.262 e. The second-order valence-electron chi connectivity index (χ2n) is 8.79. The molecular formula is C31H29IN2O2P+. The molecule has 1 saturated heterocycles. The monoisotopic (exact) mass is 619 g/mol. The summed E-state index contributed by atoms with van der Waals surface area (Å²) in [6, 6.07) is 42.7. The van der Waals surface area contributed by atoms with Crippen LogP contribution in [0.3, 0.4) is 0 Å². The van der Waals surface area contributed by atoms with Gasteiger partial charge in [-0.25, -0.2) is 0 Å². The van der Waals surface area contributed by atoms with E-state index in [1.165, 1.54) is 15.9 Å². The fourth-order valence-corrected chi connectivity index (χ4v) is 9.17. The molecule has 1 fully saturated rings. The lowest BCUT2D eigenvalue weighted by molar-refractivity contribution is 0.121. The number of hydrogen-bond donors (Lipinski definition) is 0. The zero-order chi connectivity index (χ0) is 24.2. The summed E-state index contributed by atoms with van der Waals surface area (Å²) in [5, 5.41) is 3.76. The molecule has 5 aromatic rings. The first-order valence-electron chi connectivity index (χ1n) is 12.3. The zero-order valence-corrected chi connectivity index (χ0v) is 23.7. The summed E-state index contributed by atoms with van der Waals surface area (Å²) < 4.78 is 12.4. The molecule has 4 nitrogen and oxygen atoms in total. The molecule has 2 heterocycles. The summed E-state index contributed by atoms with van der Waals surface area (Å²) >= 11 is 0. The first-order valence-corrected chi connectivity index (χ1v) is 14.1. The maximum atomic E-state index is 6.70. The molecule has 0 radical (unpaired) electrons. The molecule has 0 unspecified atom stereocenters. The van der Waals surface area contributed by atoms with Crippen LogP contribution in [-0.4, -0.2) is 31.3 Å². The Morgan fingerprint density at radius 2 is 1.03 bits per heavy atom. The van der Waals surface area contributed by atoms with Gasteiger partial charge in [0.15, 0.2) is 7.26 Å². The molecule has 1 aliphatic heterocycles. The molecule has 6 heteroatoms. The van der Waals surface area contributed by atoms with Gasteiger partial charge >= 0.3 is 0 Å². The molecule has 0 N–H and O–H groups in total. The van der Waals surface area contributed by atoms with Gasteiger partial charge < -0.3 is 14.1 Å². The number of ether oxygens (including phenoxy) is 1. The Balaban J connectivity index is 0.00000280. The van der Waals surface area contributed by atoms with Gasteiger partial charge in [0.25, 0.3) is 11.3 Å². The van der Waals surface area contributed by atoms with Crippen molar-refractivity contribution in [1.29, 1.82) is 0 Å². The highest BCUT2D eigenvalue weighted by Crippen LogP contribution is 2.56. The maximum absolute atomic E-state index is 6.70. The van der Waals surface area contributed by atoms with E-state index in [1.807, 2.05) is 18.2 Å². The fraction of sp³-hybridized carbons (Fsp3) is 0.129. The minimum Gasteiger partial charge on any atom is -0.416 e. The highest BCUT2D eigenvalue weighted by molar-refractivity contribution is 14.0. The molecule has 4 aromatic carbocycles. The first-order chi connectivity index (χ1) is 17.9. The van der Waals surface area contributed by atoms with Gasteiger partial charge in [-0.3, -0.25) is 0 Å². The molecule has 0 amide bonds. The van der Waals surface area contributed by atoms with Crippen molar-refractivity contribution in [2.75, 3.05) is 31.2 Å². The number of anilines is 1. The summed E-state index contributed by atoms with van der Waals surface area (Å²) in [6.45, 7) is 2.89. The topological polar surface area (TPSA) is 38.5 Å². The van der Waals surface area contributed by atoms with E-state index in [1.54, 1.807) is 0 Å². The van der Waals surface area contributed by atoms with Gasteiger partial charge in [0.2, 0.25) is 5.89 Å². The van der Waals surface area contributed by atoms with Crippen molar-refractivity contribution < 1.29 is 9.15 Å². The van der Waals surface area contributed by atoms with Gasteiger partial charge in [0.1, 0.15) is 15.9 Å². The Morgan fingerprint density at radius 1 is 0.595 bits per heavy atom. The van der Waals surface area contributed by atoms with Gasteiger partial charge in [-0.15, -0.1) is 24.0 Å². The van der Waals surface area contributed by atoms with Crippen molar-refractivity contribution in [2.24, 2.45) is 0 Å². The third kappa shape index (κ3) is 4.84. The van der Waals surface area contributed by atoms with Crippen LogP contribution < -0.4 is 26.2 Å². The molecule has 0 aliphatic carbocycles. The second-order valence-corrected chi connectivity index (χ2v) is 12.1. The lowest BCUT2D eigenvalue weighted by atomic mass is 10.2. The van der Waals surface area contributed by atoms with Crippen molar-refractivity contribution in [2.45, 2.75) is 0 Å². The number of oxazole rings is 1.